The van der Waals surface area contributed by atoms with Gasteiger partial charge in [0.2, 0.25) is 0 Å². The molecule has 0 aliphatic heterocycles. The Hall–Kier alpha value is -1.19. The van der Waals surface area contributed by atoms with Crippen LogP contribution in [-0.2, 0) is 0 Å². The van der Waals surface area contributed by atoms with E-state index in [-0.39, 0.29) is 11.9 Å². The summed E-state index contributed by atoms with van der Waals surface area (Å²) in [5.74, 6) is -0.185. The molecule has 3 heteroatoms. The number of benzene rings is 2. The summed E-state index contributed by atoms with van der Waals surface area (Å²) in [5, 5.41) is 3.14. The van der Waals surface area contributed by atoms with E-state index in [0.717, 1.165) is 10.0 Å². The van der Waals surface area contributed by atoms with Crippen molar-refractivity contribution in [3.8, 4) is 0 Å². The van der Waals surface area contributed by atoms with Crippen molar-refractivity contribution in [2.75, 3.05) is 7.05 Å². The molecule has 1 atom stereocenters. The van der Waals surface area contributed by atoms with Gasteiger partial charge in [0.05, 0.1) is 6.04 Å². The van der Waals surface area contributed by atoms with Crippen LogP contribution in [0.15, 0.2) is 53.0 Å². The topological polar surface area (TPSA) is 12.0 Å². The summed E-state index contributed by atoms with van der Waals surface area (Å²) in [6.45, 7) is 0. The van der Waals surface area contributed by atoms with Gasteiger partial charge in [0, 0.05) is 10.0 Å². The summed E-state index contributed by atoms with van der Waals surface area (Å²) >= 11 is 3.39. The first-order chi connectivity index (χ1) is 8.22. The molecule has 2 aromatic rings. The highest BCUT2D eigenvalue weighted by molar-refractivity contribution is 9.10. The van der Waals surface area contributed by atoms with E-state index in [2.05, 4.69) is 21.2 Å². The van der Waals surface area contributed by atoms with Gasteiger partial charge >= 0.3 is 0 Å². The Balaban J connectivity index is 2.40. The van der Waals surface area contributed by atoms with Crippen molar-refractivity contribution in [2.24, 2.45) is 0 Å². The second-order valence-electron chi connectivity index (χ2n) is 3.79. The number of hydrogen-bond acceptors (Lipinski definition) is 1. The van der Waals surface area contributed by atoms with Gasteiger partial charge in [0.25, 0.3) is 0 Å². The summed E-state index contributed by atoms with van der Waals surface area (Å²) in [5.41, 5.74) is 1.71. The lowest BCUT2D eigenvalue weighted by atomic mass is 9.98. The number of nitrogens with one attached hydrogen (secondary N) is 1. The van der Waals surface area contributed by atoms with Gasteiger partial charge < -0.3 is 5.32 Å². The molecule has 0 aromatic heterocycles. The highest BCUT2D eigenvalue weighted by Gasteiger charge is 2.15. The van der Waals surface area contributed by atoms with Gasteiger partial charge in [-0.25, -0.2) is 4.39 Å². The minimum atomic E-state index is -0.185. The first-order valence-corrected chi connectivity index (χ1v) is 6.19. The highest BCUT2D eigenvalue weighted by atomic mass is 79.9. The summed E-state index contributed by atoms with van der Waals surface area (Å²) in [7, 11) is 1.83. The van der Waals surface area contributed by atoms with Crippen molar-refractivity contribution in [2.45, 2.75) is 6.04 Å². The third-order valence-electron chi connectivity index (χ3n) is 2.71. The van der Waals surface area contributed by atoms with E-state index in [1.54, 1.807) is 12.1 Å². The van der Waals surface area contributed by atoms with Crippen LogP contribution in [0.3, 0.4) is 0 Å². The van der Waals surface area contributed by atoms with E-state index >= 15 is 0 Å². The summed E-state index contributed by atoms with van der Waals surface area (Å²) in [6, 6.07) is 14.6. The van der Waals surface area contributed by atoms with Crippen molar-refractivity contribution in [1.82, 2.24) is 5.32 Å². The van der Waals surface area contributed by atoms with E-state index < -0.39 is 0 Å². The molecule has 0 amide bonds. The van der Waals surface area contributed by atoms with E-state index in [9.17, 15) is 4.39 Å². The molecule has 88 valence electrons. The fourth-order valence-electron chi connectivity index (χ4n) is 1.87. The molecule has 0 aliphatic carbocycles. The number of rotatable bonds is 3. The summed E-state index contributed by atoms with van der Waals surface area (Å²) < 4.78 is 14.8. The number of hydrogen-bond donors (Lipinski definition) is 1. The molecule has 0 bridgehead atoms. The molecule has 0 spiro atoms. The zero-order valence-electron chi connectivity index (χ0n) is 9.45. The van der Waals surface area contributed by atoms with Crippen molar-refractivity contribution in [3.63, 3.8) is 0 Å². The van der Waals surface area contributed by atoms with Crippen LogP contribution in [0.4, 0.5) is 4.39 Å². The van der Waals surface area contributed by atoms with Crippen LogP contribution in [0.2, 0.25) is 0 Å². The largest absolute Gasteiger partial charge is 0.309 e. The van der Waals surface area contributed by atoms with Gasteiger partial charge in [0.1, 0.15) is 5.82 Å². The van der Waals surface area contributed by atoms with Gasteiger partial charge in [-0.3, -0.25) is 0 Å². The van der Waals surface area contributed by atoms with Gasteiger partial charge in [0.15, 0.2) is 0 Å². The standard InChI is InChI=1S/C14H13BrFN/c1-17-14(10-6-8-11(15)9-7-10)12-4-2-3-5-13(12)16/h2-9,14,17H,1H3. The fourth-order valence-corrected chi connectivity index (χ4v) is 2.13. The maximum absolute atomic E-state index is 13.7. The predicted octanol–water partition coefficient (Wildman–Crippen LogP) is 3.90. The Kier molecular flexibility index (Phi) is 3.92. The third-order valence-corrected chi connectivity index (χ3v) is 3.24. The van der Waals surface area contributed by atoms with Crippen LogP contribution in [-0.4, -0.2) is 7.05 Å². The Labute approximate surface area is 109 Å². The lowest BCUT2D eigenvalue weighted by Crippen LogP contribution is -2.18. The zero-order chi connectivity index (χ0) is 12.3. The second kappa shape index (κ2) is 5.43. The molecule has 0 heterocycles. The summed E-state index contributed by atoms with van der Waals surface area (Å²) in [4.78, 5) is 0. The Morgan fingerprint density at radius 3 is 2.29 bits per heavy atom. The van der Waals surface area contributed by atoms with Crippen LogP contribution < -0.4 is 5.32 Å². The highest BCUT2D eigenvalue weighted by Crippen LogP contribution is 2.25. The molecule has 0 saturated heterocycles. The summed E-state index contributed by atoms with van der Waals surface area (Å²) in [6.07, 6.45) is 0. The van der Waals surface area contributed by atoms with Crippen LogP contribution in [0.5, 0.6) is 0 Å². The van der Waals surface area contributed by atoms with Gasteiger partial charge in [-0.15, -0.1) is 0 Å². The van der Waals surface area contributed by atoms with E-state index in [1.807, 2.05) is 37.4 Å². The first-order valence-electron chi connectivity index (χ1n) is 5.39. The average molecular weight is 294 g/mol. The molecule has 1 unspecified atom stereocenters. The van der Waals surface area contributed by atoms with Crippen molar-refractivity contribution in [1.29, 1.82) is 0 Å². The molecule has 0 aliphatic rings. The SMILES string of the molecule is CNC(c1ccc(Br)cc1)c1ccccc1F. The lowest BCUT2D eigenvalue weighted by Gasteiger charge is -2.17. The van der Waals surface area contributed by atoms with Crippen LogP contribution >= 0.6 is 15.9 Å². The quantitative estimate of drug-likeness (QED) is 0.905. The molecule has 0 saturated carbocycles. The first kappa shape index (κ1) is 12.3. The van der Waals surface area contributed by atoms with E-state index in [1.165, 1.54) is 6.07 Å². The van der Waals surface area contributed by atoms with Crippen LogP contribution in [0, 0.1) is 5.82 Å². The monoisotopic (exact) mass is 293 g/mol. The zero-order valence-corrected chi connectivity index (χ0v) is 11.0. The van der Waals surface area contributed by atoms with Crippen molar-refractivity contribution >= 4 is 15.9 Å². The minimum absolute atomic E-state index is 0.121. The maximum Gasteiger partial charge on any atom is 0.128 e. The molecule has 0 radical (unpaired) electrons. The molecule has 2 aromatic carbocycles. The smallest absolute Gasteiger partial charge is 0.128 e. The van der Waals surface area contributed by atoms with Crippen LogP contribution in [0.1, 0.15) is 17.2 Å². The normalized spacial score (nSPS) is 12.4. The van der Waals surface area contributed by atoms with Crippen molar-refractivity contribution in [3.05, 3.63) is 69.9 Å². The van der Waals surface area contributed by atoms with Gasteiger partial charge in [-0.1, -0.05) is 46.3 Å². The minimum Gasteiger partial charge on any atom is -0.309 e. The second-order valence-corrected chi connectivity index (χ2v) is 4.71. The molecule has 1 N–H and O–H groups in total. The fraction of sp³-hybridized carbons (Fsp3) is 0.143. The molecular weight excluding hydrogens is 281 g/mol. The maximum atomic E-state index is 13.7. The van der Waals surface area contributed by atoms with Crippen molar-refractivity contribution < 1.29 is 4.39 Å². The average Bonchev–Trinajstić information content (AvgIpc) is 2.35. The van der Waals surface area contributed by atoms with Gasteiger partial charge in [-0.05, 0) is 30.8 Å². The Morgan fingerprint density at radius 2 is 1.71 bits per heavy atom. The molecule has 17 heavy (non-hydrogen) atoms. The predicted molar refractivity (Wildman–Crippen MR) is 71.4 cm³/mol. The van der Waals surface area contributed by atoms with Crippen LogP contribution in [0.25, 0.3) is 0 Å². The number of halogens is 2. The molecule has 0 fully saturated rings. The molecular formula is C14H13BrFN. The van der Waals surface area contributed by atoms with E-state index in [0.29, 0.717) is 5.56 Å². The molecule has 1 nitrogen and oxygen atoms in total. The lowest BCUT2D eigenvalue weighted by molar-refractivity contribution is 0.576. The van der Waals surface area contributed by atoms with E-state index in [4.69, 9.17) is 0 Å². The van der Waals surface area contributed by atoms with Gasteiger partial charge in [-0.2, -0.15) is 0 Å². The Bertz CT molecular complexity index is 496. The third kappa shape index (κ3) is 2.73. The Morgan fingerprint density at radius 1 is 1.06 bits per heavy atom. The molecule has 2 rings (SSSR count).